The van der Waals surface area contributed by atoms with Gasteiger partial charge >= 0.3 is 0 Å². The minimum absolute atomic E-state index is 0.950. The van der Waals surface area contributed by atoms with Crippen molar-refractivity contribution in [2.45, 2.75) is 13.8 Å². The van der Waals surface area contributed by atoms with Crippen LogP contribution in [-0.2, 0) is 0 Å². The minimum Gasteiger partial charge on any atom is -0.363 e. The SMILES string of the molecule is CCN(CC)C(=S)c1ccccc1. The van der Waals surface area contributed by atoms with Crippen LogP contribution in [0.3, 0.4) is 0 Å². The smallest absolute Gasteiger partial charge is 0.109 e. The Morgan fingerprint density at radius 3 is 2.15 bits per heavy atom. The molecule has 2 heteroatoms. The van der Waals surface area contributed by atoms with Crippen molar-refractivity contribution in [1.82, 2.24) is 4.90 Å². The average molecular weight is 193 g/mol. The van der Waals surface area contributed by atoms with Gasteiger partial charge < -0.3 is 4.90 Å². The fraction of sp³-hybridized carbons (Fsp3) is 0.364. The number of benzene rings is 1. The van der Waals surface area contributed by atoms with Crippen LogP contribution in [0.4, 0.5) is 0 Å². The Morgan fingerprint density at radius 2 is 1.69 bits per heavy atom. The molecule has 0 bridgehead atoms. The fourth-order valence-electron chi connectivity index (χ4n) is 1.27. The van der Waals surface area contributed by atoms with Crippen LogP contribution in [0.15, 0.2) is 30.3 Å². The predicted molar refractivity (Wildman–Crippen MR) is 61.1 cm³/mol. The third kappa shape index (κ3) is 2.52. The third-order valence-corrected chi connectivity index (χ3v) is 2.57. The molecule has 1 rings (SSSR count). The highest BCUT2D eigenvalue weighted by molar-refractivity contribution is 7.80. The van der Waals surface area contributed by atoms with E-state index in [1.165, 1.54) is 0 Å². The van der Waals surface area contributed by atoms with E-state index in [-0.39, 0.29) is 0 Å². The fourth-order valence-corrected chi connectivity index (χ4v) is 1.67. The maximum Gasteiger partial charge on any atom is 0.109 e. The summed E-state index contributed by atoms with van der Waals surface area (Å²) in [4.78, 5) is 3.13. The normalized spacial score (nSPS) is 9.69. The van der Waals surface area contributed by atoms with Crippen LogP contribution >= 0.6 is 12.2 Å². The Bertz CT molecular complexity index is 265. The summed E-state index contributed by atoms with van der Waals surface area (Å²) in [6.07, 6.45) is 0. The molecule has 13 heavy (non-hydrogen) atoms. The Hall–Kier alpha value is -0.890. The highest BCUT2D eigenvalue weighted by Crippen LogP contribution is 2.05. The maximum absolute atomic E-state index is 5.37. The molecule has 0 unspecified atom stereocenters. The monoisotopic (exact) mass is 193 g/mol. The van der Waals surface area contributed by atoms with Crippen molar-refractivity contribution in [2.24, 2.45) is 0 Å². The van der Waals surface area contributed by atoms with Crippen molar-refractivity contribution in [2.75, 3.05) is 13.1 Å². The molecule has 1 nitrogen and oxygen atoms in total. The van der Waals surface area contributed by atoms with Crippen LogP contribution in [0, 0.1) is 0 Å². The molecule has 0 spiro atoms. The highest BCUT2D eigenvalue weighted by Gasteiger charge is 2.05. The number of hydrogen-bond donors (Lipinski definition) is 0. The van der Waals surface area contributed by atoms with Gasteiger partial charge in [-0.25, -0.2) is 0 Å². The molecular formula is C11H15NS. The van der Waals surface area contributed by atoms with Gasteiger partial charge in [0.05, 0.1) is 0 Å². The van der Waals surface area contributed by atoms with Crippen LogP contribution in [0.5, 0.6) is 0 Å². The summed E-state index contributed by atoms with van der Waals surface area (Å²) >= 11 is 5.37. The first-order chi connectivity index (χ1) is 6.29. The van der Waals surface area contributed by atoms with Gasteiger partial charge in [0, 0.05) is 18.7 Å². The second-order valence-electron chi connectivity index (χ2n) is 2.84. The molecule has 0 saturated heterocycles. The molecule has 0 radical (unpaired) electrons. The lowest BCUT2D eigenvalue weighted by molar-refractivity contribution is 0.475. The van der Waals surface area contributed by atoms with Crippen molar-refractivity contribution in [3.63, 3.8) is 0 Å². The number of hydrogen-bond acceptors (Lipinski definition) is 1. The minimum atomic E-state index is 0.950. The molecule has 0 amide bonds. The quantitative estimate of drug-likeness (QED) is 0.679. The molecule has 1 aromatic rings. The first kappa shape index (κ1) is 10.2. The zero-order valence-electron chi connectivity index (χ0n) is 8.16. The lowest BCUT2D eigenvalue weighted by Gasteiger charge is -2.21. The van der Waals surface area contributed by atoms with Crippen molar-refractivity contribution < 1.29 is 0 Å². The van der Waals surface area contributed by atoms with Gasteiger partial charge in [-0.3, -0.25) is 0 Å². The molecule has 0 aliphatic heterocycles. The lowest BCUT2D eigenvalue weighted by Crippen LogP contribution is -2.29. The van der Waals surface area contributed by atoms with E-state index in [0.29, 0.717) is 0 Å². The Labute approximate surface area is 85.4 Å². The first-order valence-corrected chi connectivity index (χ1v) is 5.04. The van der Waals surface area contributed by atoms with Crippen molar-refractivity contribution in [3.8, 4) is 0 Å². The van der Waals surface area contributed by atoms with Crippen molar-refractivity contribution >= 4 is 17.2 Å². The van der Waals surface area contributed by atoms with E-state index >= 15 is 0 Å². The summed E-state index contributed by atoms with van der Waals surface area (Å²) in [7, 11) is 0. The lowest BCUT2D eigenvalue weighted by atomic mass is 10.2. The van der Waals surface area contributed by atoms with Gasteiger partial charge in [-0.1, -0.05) is 42.5 Å². The van der Waals surface area contributed by atoms with Gasteiger partial charge in [-0.2, -0.15) is 0 Å². The predicted octanol–water partition coefficient (Wildman–Crippen LogP) is 2.70. The molecule has 1 aromatic carbocycles. The average Bonchev–Trinajstić information content (AvgIpc) is 2.21. The van der Waals surface area contributed by atoms with E-state index in [0.717, 1.165) is 23.6 Å². The van der Waals surface area contributed by atoms with E-state index in [2.05, 4.69) is 30.9 Å². The molecule has 70 valence electrons. The molecule has 0 aromatic heterocycles. The van der Waals surface area contributed by atoms with E-state index in [1.54, 1.807) is 0 Å². The molecule has 0 fully saturated rings. The topological polar surface area (TPSA) is 3.24 Å². The standard InChI is InChI=1S/C11H15NS/c1-3-12(4-2)11(13)10-8-6-5-7-9-10/h5-9H,3-4H2,1-2H3. The van der Waals surface area contributed by atoms with Crippen LogP contribution < -0.4 is 0 Å². The van der Waals surface area contributed by atoms with E-state index in [4.69, 9.17) is 12.2 Å². The molecule has 0 heterocycles. The second kappa shape index (κ2) is 4.97. The molecule has 0 N–H and O–H groups in total. The Morgan fingerprint density at radius 1 is 1.15 bits per heavy atom. The summed E-state index contributed by atoms with van der Waals surface area (Å²) < 4.78 is 0. The number of thiocarbonyl (C=S) groups is 1. The maximum atomic E-state index is 5.37. The second-order valence-corrected chi connectivity index (χ2v) is 3.23. The molecular weight excluding hydrogens is 178 g/mol. The van der Waals surface area contributed by atoms with Gasteiger partial charge in [0.1, 0.15) is 4.99 Å². The Balaban J connectivity index is 2.78. The van der Waals surface area contributed by atoms with E-state index < -0.39 is 0 Å². The Kier molecular flexibility index (Phi) is 3.90. The van der Waals surface area contributed by atoms with Crippen LogP contribution in [0.25, 0.3) is 0 Å². The summed E-state index contributed by atoms with van der Waals surface area (Å²) in [5, 5.41) is 0. The molecule has 0 aliphatic rings. The van der Waals surface area contributed by atoms with Gasteiger partial charge in [0.25, 0.3) is 0 Å². The van der Waals surface area contributed by atoms with E-state index in [9.17, 15) is 0 Å². The summed E-state index contributed by atoms with van der Waals surface area (Å²) in [6, 6.07) is 10.2. The van der Waals surface area contributed by atoms with Crippen molar-refractivity contribution in [3.05, 3.63) is 35.9 Å². The first-order valence-electron chi connectivity index (χ1n) is 4.64. The summed E-state index contributed by atoms with van der Waals surface area (Å²) in [6.45, 7) is 6.20. The number of nitrogens with zero attached hydrogens (tertiary/aromatic N) is 1. The van der Waals surface area contributed by atoms with E-state index in [1.807, 2.05) is 18.2 Å². The zero-order valence-corrected chi connectivity index (χ0v) is 8.97. The number of rotatable bonds is 3. The van der Waals surface area contributed by atoms with Gasteiger partial charge in [0.15, 0.2) is 0 Å². The third-order valence-electron chi connectivity index (χ3n) is 2.07. The van der Waals surface area contributed by atoms with Gasteiger partial charge in [-0.05, 0) is 13.8 Å². The van der Waals surface area contributed by atoms with Gasteiger partial charge in [0.2, 0.25) is 0 Å². The van der Waals surface area contributed by atoms with Crippen LogP contribution in [-0.4, -0.2) is 23.0 Å². The zero-order chi connectivity index (χ0) is 9.68. The largest absolute Gasteiger partial charge is 0.363 e. The van der Waals surface area contributed by atoms with Crippen LogP contribution in [0.1, 0.15) is 19.4 Å². The van der Waals surface area contributed by atoms with Crippen molar-refractivity contribution in [1.29, 1.82) is 0 Å². The molecule has 0 atom stereocenters. The highest BCUT2D eigenvalue weighted by atomic mass is 32.1. The summed E-state index contributed by atoms with van der Waals surface area (Å²) in [5.41, 5.74) is 1.14. The van der Waals surface area contributed by atoms with Crippen LogP contribution in [0.2, 0.25) is 0 Å². The molecule has 0 aliphatic carbocycles. The molecule has 0 saturated carbocycles. The van der Waals surface area contributed by atoms with Gasteiger partial charge in [-0.15, -0.1) is 0 Å². The summed E-state index contributed by atoms with van der Waals surface area (Å²) in [5.74, 6) is 0.